The Balaban J connectivity index is 1.81. The zero-order chi connectivity index (χ0) is 44.9. The molecule has 0 radical (unpaired) electrons. The number of nitrogens with zero attached hydrogens (tertiary/aromatic N) is 2. The van der Waals surface area contributed by atoms with Crippen LogP contribution in [0.5, 0.6) is 0 Å². The van der Waals surface area contributed by atoms with Gasteiger partial charge in [-0.3, -0.25) is 0 Å². The molecule has 38 heavy (non-hydrogen) atoms. The highest BCUT2D eigenvalue weighted by Gasteiger charge is 2.49. The molecule has 3 heteroatoms. The topological polar surface area (TPSA) is 29.9 Å². The largest absolute Gasteiger partial charge is 0.437 e. The molecule has 0 N–H and O–H groups in total. The van der Waals surface area contributed by atoms with Gasteiger partial charge in [-0.25, -0.2) is 9.55 Å². The first-order valence-electron chi connectivity index (χ1n) is 22.5. The summed E-state index contributed by atoms with van der Waals surface area (Å²) in [7, 11) is 1.42. The Bertz CT molecular complexity index is 2490. The molecule has 3 heterocycles. The average Bonchev–Trinajstić information content (AvgIpc) is 3.56. The third-order valence-corrected chi connectivity index (χ3v) is 7.56. The maximum Gasteiger partial charge on any atom is 0.227 e. The first-order valence-corrected chi connectivity index (χ1v) is 12.0. The Kier molecular flexibility index (Phi) is 2.38. The third-order valence-electron chi connectivity index (χ3n) is 7.56. The van der Waals surface area contributed by atoms with E-state index >= 15 is 0 Å². The van der Waals surface area contributed by atoms with Gasteiger partial charge in [-0.05, 0) is 59.8 Å². The number of furan rings is 1. The van der Waals surface area contributed by atoms with Crippen molar-refractivity contribution in [1.29, 1.82) is 0 Å². The molecule has 0 amide bonds. The molecule has 194 valence electrons. The van der Waals surface area contributed by atoms with Gasteiger partial charge in [-0.2, -0.15) is 0 Å². The van der Waals surface area contributed by atoms with Crippen LogP contribution in [0, 0.1) is 25.6 Å². The molecule has 2 unspecified atom stereocenters. The zero-order valence-electron chi connectivity index (χ0n) is 42.0. The predicted octanol–water partition coefficient (Wildman–Crippen LogP) is 8.79. The zero-order valence-corrected chi connectivity index (χ0v) is 21.0. The van der Waals surface area contributed by atoms with E-state index in [-0.39, 0.29) is 44.6 Å². The molecule has 2 aromatic carbocycles. The van der Waals surface area contributed by atoms with Gasteiger partial charge in [0.2, 0.25) is 11.4 Å². The van der Waals surface area contributed by atoms with Crippen LogP contribution in [0.1, 0.15) is 104 Å². The van der Waals surface area contributed by atoms with Gasteiger partial charge in [0.05, 0.1) is 11.3 Å². The van der Waals surface area contributed by atoms with E-state index in [9.17, 15) is 2.74 Å². The molecule has 1 aliphatic carbocycles. The molecule has 0 saturated carbocycles. The minimum absolute atomic E-state index is 0.00447. The van der Waals surface area contributed by atoms with Crippen LogP contribution in [-0.2, 0) is 12.5 Å². The molecule has 0 fully saturated rings. The van der Waals surface area contributed by atoms with Crippen molar-refractivity contribution in [2.45, 2.75) is 66.3 Å². The molecule has 0 spiro atoms. The van der Waals surface area contributed by atoms with Crippen LogP contribution in [0.25, 0.3) is 44.5 Å². The summed E-state index contributed by atoms with van der Waals surface area (Å²) in [5.41, 5.74) is -4.75. The van der Waals surface area contributed by atoms with Crippen LogP contribution in [0.2, 0.25) is 0 Å². The van der Waals surface area contributed by atoms with Crippen molar-refractivity contribution in [3.8, 4) is 22.4 Å². The number of aryl methyl sites for hydroxylation is 3. The first-order chi connectivity index (χ1) is 26.4. The van der Waals surface area contributed by atoms with Gasteiger partial charge in [0.25, 0.3) is 0 Å². The molecule has 3 nitrogen and oxygen atoms in total. The summed E-state index contributed by atoms with van der Waals surface area (Å²) in [6.45, 7) is -18.6. The fourth-order valence-electron chi connectivity index (χ4n) is 5.77. The standard InChI is InChI=1S/C35H39N2O/c1-19(2)26-17-30(37(9)18-23(26)8)31-22(7)14-15-25-28-16-27-24-12-10-11-13-29(24)35(20(3)4,21(5)6)33(27)36-34(28)38-32(25)31/h10-21H,1-9H3/q+1/i1D3,2D3,3D3,4D3,5D3,8D3,19D,20D,21D. The van der Waals surface area contributed by atoms with Gasteiger partial charge in [0, 0.05) is 62.2 Å². The highest BCUT2D eigenvalue weighted by molar-refractivity contribution is 6.10. The van der Waals surface area contributed by atoms with Crippen LogP contribution < -0.4 is 4.57 Å². The van der Waals surface area contributed by atoms with Crippen molar-refractivity contribution in [2.24, 2.45) is 18.8 Å². The van der Waals surface area contributed by atoms with E-state index in [1.165, 1.54) is 41.9 Å². The normalized spacial score (nSPS) is 29.1. The second kappa shape index (κ2) is 8.53. The summed E-state index contributed by atoms with van der Waals surface area (Å²) >= 11 is 0. The SMILES string of the molecule is [2H]C([2H])([2H])c1c[n+](C)c(-c2c(C)ccc3c2oc2nc4c(cc23)-c2ccccc2C4(C([2H])(C)C([2H])([2H])[2H])C([2H])(C([2H])([2H])[2H])C([2H])([2H])[2H])cc1C([2H])(C([2H])([2H])[2H])C([2H])([2H])[2H]. The number of rotatable bonds is 4. The molecular weight excluding hydrogens is 464 g/mol. The molecule has 5 aromatic rings. The van der Waals surface area contributed by atoms with E-state index in [2.05, 4.69) is 4.98 Å². The highest BCUT2D eigenvalue weighted by Crippen LogP contribution is 2.56. The van der Waals surface area contributed by atoms with Gasteiger partial charge in [-0.1, -0.05) is 77.6 Å². The lowest BCUT2D eigenvalue weighted by molar-refractivity contribution is -0.660. The molecule has 0 bridgehead atoms. The number of hydrogen-bond acceptors (Lipinski definition) is 2. The maximum absolute atomic E-state index is 9.60. The lowest BCUT2D eigenvalue weighted by Gasteiger charge is -2.39. The fraction of sp³-hybridized carbons (Fsp3) is 0.371. The fourth-order valence-corrected chi connectivity index (χ4v) is 5.77. The van der Waals surface area contributed by atoms with Gasteiger partial charge in [0.1, 0.15) is 7.05 Å². The Morgan fingerprint density at radius 1 is 0.947 bits per heavy atom. The lowest BCUT2D eigenvalue weighted by atomic mass is 9.64. The number of fused-ring (bicyclic) bond motifs is 6. The van der Waals surface area contributed by atoms with Crippen molar-refractivity contribution >= 4 is 22.1 Å². The van der Waals surface area contributed by atoms with E-state index in [0.717, 1.165) is 19.2 Å². The van der Waals surface area contributed by atoms with Gasteiger partial charge in [-0.15, -0.1) is 0 Å². The highest BCUT2D eigenvalue weighted by atomic mass is 16.3. The Morgan fingerprint density at radius 2 is 1.76 bits per heavy atom. The third kappa shape index (κ3) is 3.20. The Hall–Kier alpha value is -3.46. The van der Waals surface area contributed by atoms with Gasteiger partial charge in [0.15, 0.2) is 11.8 Å². The van der Waals surface area contributed by atoms with Crippen molar-refractivity contribution < 1.29 is 37.8 Å². The molecule has 1 aliphatic rings. The minimum atomic E-state index is -3.75. The number of hydrogen-bond donors (Lipinski definition) is 0. The molecular formula is C35H39N2O+. The summed E-state index contributed by atoms with van der Waals surface area (Å²) in [6, 6.07) is 11.5. The minimum Gasteiger partial charge on any atom is -0.437 e. The van der Waals surface area contributed by atoms with Crippen LogP contribution in [0.4, 0.5) is 0 Å². The van der Waals surface area contributed by atoms with Crippen LogP contribution in [0.15, 0.2) is 59.1 Å². The summed E-state index contributed by atoms with van der Waals surface area (Å²) in [4.78, 5) is 4.67. The van der Waals surface area contributed by atoms with Crippen molar-refractivity contribution in [3.05, 3.63) is 82.7 Å². The Morgan fingerprint density at radius 3 is 2.53 bits per heavy atom. The maximum atomic E-state index is 9.60. The van der Waals surface area contributed by atoms with Gasteiger partial charge >= 0.3 is 0 Å². The number of pyridine rings is 2. The van der Waals surface area contributed by atoms with Crippen molar-refractivity contribution in [1.82, 2.24) is 4.98 Å². The average molecular weight is 525 g/mol. The van der Waals surface area contributed by atoms with Gasteiger partial charge < -0.3 is 4.42 Å². The lowest BCUT2D eigenvalue weighted by Crippen LogP contribution is -2.38. The summed E-state index contributed by atoms with van der Waals surface area (Å²) < 4.78 is 186. The predicted molar refractivity (Wildman–Crippen MR) is 158 cm³/mol. The van der Waals surface area contributed by atoms with E-state index in [1.54, 1.807) is 19.1 Å². The molecule has 3 aromatic heterocycles. The second-order valence-corrected chi connectivity index (χ2v) is 9.74. The quantitative estimate of drug-likeness (QED) is 0.220. The summed E-state index contributed by atoms with van der Waals surface area (Å²) in [6.07, 6.45) is 1.03. The van der Waals surface area contributed by atoms with Crippen LogP contribution >= 0.6 is 0 Å². The van der Waals surface area contributed by atoms with Crippen LogP contribution in [0.3, 0.4) is 0 Å². The molecule has 6 rings (SSSR count). The van der Waals surface area contributed by atoms with Crippen molar-refractivity contribution in [3.63, 3.8) is 0 Å². The Labute approximate surface area is 256 Å². The first kappa shape index (κ1) is 10.6. The van der Waals surface area contributed by atoms with E-state index in [4.69, 9.17) is 30.5 Å². The smallest absolute Gasteiger partial charge is 0.227 e. The summed E-state index contributed by atoms with van der Waals surface area (Å²) in [5, 5.41) is 0.538. The monoisotopic (exact) mass is 524 g/mol. The second-order valence-electron chi connectivity index (χ2n) is 9.74. The van der Waals surface area contributed by atoms with Crippen LogP contribution in [-0.4, -0.2) is 4.98 Å². The number of aromatic nitrogens is 2. The molecule has 0 aliphatic heterocycles. The van der Waals surface area contributed by atoms with E-state index in [0.29, 0.717) is 10.9 Å². The van der Waals surface area contributed by atoms with Crippen molar-refractivity contribution in [2.75, 3.05) is 0 Å². The van der Waals surface area contributed by atoms with E-state index < -0.39 is 81.0 Å². The van der Waals surface area contributed by atoms with E-state index in [1.807, 2.05) is 0 Å². The number of benzene rings is 2. The molecule has 0 saturated heterocycles. The molecule has 2 atom stereocenters. The summed E-state index contributed by atoms with van der Waals surface area (Å²) in [5.74, 6) is -10.2.